The van der Waals surface area contributed by atoms with Crippen LogP contribution >= 0.6 is 11.8 Å². The van der Waals surface area contributed by atoms with Gasteiger partial charge >= 0.3 is 0 Å². The van der Waals surface area contributed by atoms with Crippen LogP contribution in [0, 0.1) is 0 Å². The minimum Gasteiger partial charge on any atom is -0.497 e. The molecule has 0 saturated carbocycles. The largest absolute Gasteiger partial charge is 0.497 e. The number of nitrogens with zero attached hydrogens (tertiary/aromatic N) is 4. The predicted molar refractivity (Wildman–Crippen MR) is 158 cm³/mol. The lowest BCUT2D eigenvalue weighted by Crippen LogP contribution is -2.20. The molecular weight excluding hydrogens is 526 g/mol. The summed E-state index contributed by atoms with van der Waals surface area (Å²) in [4.78, 5) is 12.6. The average molecular weight is 560 g/mol. The molecule has 9 nitrogen and oxygen atoms in total. The topological polar surface area (TPSA) is 99.9 Å². The number of hydrogen-bond donors (Lipinski definition) is 1. The van der Waals surface area contributed by atoms with Crippen LogP contribution in [0.3, 0.4) is 0 Å². The van der Waals surface area contributed by atoms with Crippen molar-refractivity contribution in [3.8, 4) is 34.3 Å². The summed E-state index contributed by atoms with van der Waals surface area (Å²) in [6, 6.07) is 21.3. The quantitative estimate of drug-likeness (QED) is 0.156. The Morgan fingerprint density at radius 3 is 2.25 bits per heavy atom. The van der Waals surface area contributed by atoms with Crippen LogP contribution in [0.25, 0.3) is 17.1 Å². The molecule has 1 N–H and O–H groups in total. The van der Waals surface area contributed by atoms with Gasteiger partial charge in [-0.15, -0.1) is 10.2 Å². The van der Waals surface area contributed by atoms with E-state index in [0.717, 1.165) is 22.6 Å². The van der Waals surface area contributed by atoms with Gasteiger partial charge in [-0.05, 0) is 59.0 Å². The highest BCUT2D eigenvalue weighted by atomic mass is 32.2. The Morgan fingerprint density at radius 2 is 1.62 bits per heavy atom. The highest BCUT2D eigenvalue weighted by Crippen LogP contribution is 2.31. The van der Waals surface area contributed by atoms with Gasteiger partial charge in [-0.1, -0.05) is 56.8 Å². The van der Waals surface area contributed by atoms with Crippen LogP contribution in [0.5, 0.6) is 17.2 Å². The zero-order valence-corrected chi connectivity index (χ0v) is 24.3. The Morgan fingerprint density at radius 1 is 0.925 bits per heavy atom. The zero-order chi connectivity index (χ0) is 28.7. The van der Waals surface area contributed by atoms with Gasteiger partial charge in [0.05, 0.1) is 33.3 Å². The molecule has 0 bridgehead atoms. The molecule has 40 heavy (non-hydrogen) atoms. The molecule has 0 spiro atoms. The van der Waals surface area contributed by atoms with Crippen LogP contribution in [0.2, 0.25) is 0 Å². The summed E-state index contributed by atoms with van der Waals surface area (Å²) in [5.74, 6) is 2.44. The molecule has 0 saturated heterocycles. The Kier molecular flexibility index (Phi) is 9.11. The predicted octanol–water partition coefficient (Wildman–Crippen LogP) is 5.50. The second kappa shape index (κ2) is 12.7. The fraction of sp³-hybridized carbons (Fsp3) is 0.267. The number of rotatable bonds is 10. The summed E-state index contributed by atoms with van der Waals surface area (Å²) in [7, 11) is 4.77. The van der Waals surface area contributed by atoms with Gasteiger partial charge in [0.25, 0.3) is 5.91 Å². The van der Waals surface area contributed by atoms with E-state index in [0.29, 0.717) is 22.5 Å². The third kappa shape index (κ3) is 6.81. The smallest absolute Gasteiger partial charge is 0.250 e. The highest BCUT2D eigenvalue weighted by molar-refractivity contribution is 7.99. The second-order valence-corrected chi connectivity index (χ2v) is 10.8. The molecule has 4 aromatic rings. The summed E-state index contributed by atoms with van der Waals surface area (Å²) in [5, 5.41) is 13.6. The van der Waals surface area contributed by atoms with E-state index < -0.39 is 0 Å². The first-order valence-corrected chi connectivity index (χ1v) is 13.6. The SMILES string of the molecule is COc1ccc(-n2c(SCC(=O)N/N=C/c3ccc(OC)c(OC)c3)nnc2-c2ccc(C(C)(C)C)cc2)cc1. The number of aromatic nitrogens is 3. The summed E-state index contributed by atoms with van der Waals surface area (Å²) in [6.45, 7) is 6.54. The van der Waals surface area contributed by atoms with Crippen LogP contribution in [-0.2, 0) is 10.2 Å². The fourth-order valence-corrected chi connectivity index (χ4v) is 4.65. The first-order chi connectivity index (χ1) is 19.2. The standard InChI is InChI=1S/C30H33N5O4S/c1-30(2,3)22-10-8-21(9-11-22)28-33-34-29(35(28)23-12-14-24(37-4)15-13-23)40-19-27(36)32-31-18-20-7-16-25(38-5)26(17-20)39-6/h7-18H,19H2,1-6H3,(H,32,36)/b31-18+. The first-order valence-electron chi connectivity index (χ1n) is 12.6. The van der Waals surface area contributed by atoms with E-state index in [1.807, 2.05) is 34.9 Å². The van der Waals surface area contributed by atoms with E-state index in [-0.39, 0.29) is 17.1 Å². The Hall–Kier alpha value is -4.31. The third-order valence-corrected chi connectivity index (χ3v) is 7.04. The van der Waals surface area contributed by atoms with E-state index in [2.05, 4.69) is 65.8 Å². The second-order valence-electron chi connectivity index (χ2n) is 9.86. The van der Waals surface area contributed by atoms with Crippen molar-refractivity contribution in [3.05, 3.63) is 77.9 Å². The maximum atomic E-state index is 12.6. The molecule has 3 aromatic carbocycles. The number of thioether (sulfide) groups is 1. The van der Waals surface area contributed by atoms with Crippen molar-refractivity contribution in [2.24, 2.45) is 5.10 Å². The van der Waals surface area contributed by atoms with Crippen molar-refractivity contribution in [3.63, 3.8) is 0 Å². The fourth-order valence-electron chi connectivity index (χ4n) is 3.91. The van der Waals surface area contributed by atoms with Crippen molar-refractivity contribution in [1.82, 2.24) is 20.2 Å². The number of hydrogen-bond acceptors (Lipinski definition) is 8. The van der Waals surface area contributed by atoms with Crippen LogP contribution < -0.4 is 19.6 Å². The first kappa shape index (κ1) is 28.7. The number of benzene rings is 3. The molecule has 0 fully saturated rings. The number of amides is 1. The van der Waals surface area contributed by atoms with Crippen LogP contribution in [0.4, 0.5) is 0 Å². The van der Waals surface area contributed by atoms with Crippen LogP contribution in [0.1, 0.15) is 31.9 Å². The van der Waals surface area contributed by atoms with Gasteiger partial charge in [0, 0.05) is 11.3 Å². The number of nitrogens with one attached hydrogen (secondary N) is 1. The molecular formula is C30H33N5O4S. The number of methoxy groups -OCH3 is 3. The molecule has 0 aliphatic heterocycles. The van der Waals surface area contributed by atoms with E-state index in [9.17, 15) is 4.79 Å². The van der Waals surface area contributed by atoms with Gasteiger partial charge < -0.3 is 14.2 Å². The van der Waals surface area contributed by atoms with Gasteiger partial charge in [0.1, 0.15) is 5.75 Å². The maximum Gasteiger partial charge on any atom is 0.250 e. The molecule has 0 atom stereocenters. The van der Waals surface area contributed by atoms with Crippen LogP contribution in [-0.4, -0.2) is 54.0 Å². The number of carbonyl (C=O) groups is 1. The van der Waals surface area contributed by atoms with Crippen molar-refractivity contribution in [2.45, 2.75) is 31.3 Å². The Balaban J connectivity index is 1.52. The van der Waals surface area contributed by atoms with Gasteiger partial charge in [0.2, 0.25) is 0 Å². The average Bonchev–Trinajstić information content (AvgIpc) is 3.39. The normalized spacial score (nSPS) is 11.4. The molecule has 0 aliphatic carbocycles. The minimum absolute atomic E-state index is 0.0402. The lowest BCUT2D eigenvalue weighted by molar-refractivity contribution is -0.118. The zero-order valence-electron chi connectivity index (χ0n) is 23.5. The Bertz CT molecular complexity index is 1480. The number of carbonyl (C=O) groups excluding carboxylic acids is 1. The summed E-state index contributed by atoms with van der Waals surface area (Å²) >= 11 is 1.28. The van der Waals surface area contributed by atoms with E-state index in [1.165, 1.54) is 17.3 Å². The minimum atomic E-state index is -0.276. The molecule has 10 heteroatoms. The monoisotopic (exact) mass is 559 g/mol. The van der Waals surface area contributed by atoms with Gasteiger partial charge in [-0.2, -0.15) is 5.10 Å². The number of ether oxygens (including phenoxy) is 3. The van der Waals surface area contributed by atoms with E-state index >= 15 is 0 Å². The molecule has 1 aromatic heterocycles. The molecule has 1 amide bonds. The summed E-state index contributed by atoms with van der Waals surface area (Å²) in [5.41, 5.74) is 6.37. The van der Waals surface area contributed by atoms with Gasteiger partial charge in [-0.25, -0.2) is 5.43 Å². The van der Waals surface area contributed by atoms with Gasteiger partial charge in [-0.3, -0.25) is 9.36 Å². The van der Waals surface area contributed by atoms with Crippen molar-refractivity contribution in [1.29, 1.82) is 0 Å². The highest BCUT2D eigenvalue weighted by Gasteiger charge is 2.19. The molecule has 0 unspecified atom stereocenters. The summed E-state index contributed by atoms with van der Waals surface area (Å²) in [6.07, 6.45) is 1.55. The van der Waals surface area contributed by atoms with Crippen molar-refractivity contribution < 1.29 is 19.0 Å². The molecule has 0 aliphatic rings. The maximum absolute atomic E-state index is 12.6. The lowest BCUT2D eigenvalue weighted by Gasteiger charge is -2.19. The van der Waals surface area contributed by atoms with Gasteiger partial charge in [0.15, 0.2) is 22.5 Å². The van der Waals surface area contributed by atoms with Crippen molar-refractivity contribution >= 4 is 23.9 Å². The summed E-state index contributed by atoms with van der Waals surface area (Å²) < 4.78 is 17.8. The number of hydrazone groups is 1. The van der Waals surface area contributed by atoms with E-state index in [1.54, 1.807) is 39.7 Å². The molecule has 4 rings (SSSR count). The lowest BCUT2D eigenvalue weighted by atomic mass is 9.87. The molecule has 1 heterocycles. The molecule has 0 radical (unpaired) electrons. The van der Waals surface area contributed by atoms with Crippen LogP contribution in [0.15, 0.2) is 77.0 Å². The van der Waals surface area contributed by atoms with E-state index in [4.69, 9.17) is 14.2 Å². The molecule has 208 valence electrons. The Labute approximate surface area is 238 Å². The third-order valence-electron chi connectivity index (χ3n) is 6.12. The van der Waals surface area contributed by atoms with Crippen molar-refractivity contribution in [2.75, 3.05) is 27.1 Å².